The van der Waals surface area contributed by atoms with Gasteiger partial charge in [0.1, 0.15) is 5.75 Å². The highest BCUT2D eigenvalue weighted by Crippen LogP contribution is 2.42. The summed E-state index contributed by atoms with van der Waals surface area (Å²) >= 11 is 2.04. The van der Waals surface area contributed by atoms with E-state index in [-0.39, 0.29) is 12.7 Å². The summed E-state index contributed by atoms with van der Waals surface area (Å²) in [6.07, 6.45) is 12.5. The molecular weight excluding hydrogens is 487 g/mol. The lowest BCUT2D eigenvalue weighted by atomic mass is 10.1. The standard InChI is InChI=1S/C26H45O7PS/c1-3-14-24(33-25-16-10-8-11-17-25)18-22-35-21-12-7-5-4-6-9-15-23(2)31-19-13-20-32-34(29,30)26(27)28/h8,10-11,16-17,23-24H,3-7,9,12-15,18-22H2,1-2H3,(H,27,28)(H,29,30). The van der Waals surface area contributed by atoms with Crippen LogP contribution in [0.4, 0.5) is 4.79 Å². The lowest BCUT2D eigenvalue weighted by molar-refractivity contribution is 0.0499. The van der Waals surface area contributed by atoms with Crippen molar-refractivity contribution in [3.05, 3.63) is 30.3 Å². The van der Waals surface area contributed by atoms with Gasteiger partial charge in [0.05, 0.1) is 18.8 Å². The van der Waals surface area contributed by atoms with Gasteiger partial charge in [-0.25, -0.2) is 9.36 Å². The van der Waals surface area contributed by atoms with Gasteiger partial charge < -0.3 is 24.0 Å². The maximum atomic E-state index is 11.1. The topological polar surface area (TPSA) is 102 Å². The average molecular weight is 533 g/mol. The van der Waals surface area contributed by atoms with Crippen LogP contribution in [0.15, 0.2) is 30.3 Å². The van der Waals surface area contributed by atoms with Gasteiger partial charge in [-0.15, -0.1) is 0 Å². The molecule has 0 spiro atoms. The van der Waals surface area contributed by atoms with Crippen molar-refractivity contribution in [3.63, 3.8) is 0 Å². The van der Waals surface area contributed by atoms with Crippen LogP contribution in [0.2, 0.25) is 0 Å². The minimum atomic E-state index is -4.53. The van der Waals surface area contributed by atoms with E-state index in [0.29, 0.717) is 19.1 Å². The maximum absolute atomic E-state index is 11.1. The van der Waals surface area contributed by atoms with Crippen LogP contribution in [0.1, 0.15) is 84.5 Å². The van der Waals surface area contributed by atoms with E-state index in [0.717, 1.165) is 43.6 Å². The number of hydrogen-bond donors (Lipinski definition) is 2. The molecule has 3 unspecified atom stereocenters. The first-order chi connectivity index (χ1) is 16.8. The van der Waals surface area contributed by atoms with Crippen molar-refractivity contribution >= 4 is 25.1 Å². The molecule has 9 heteroatoms. The number of thioether (sulfide) groups is 1. The van der Waals surface area contributed by atoms with Crippen LogP contribution in [0, 0.1) is 0 Å². The quantitative estimate of drug-likeness (QED) is 0.109. The molecule has 35 heavy (non-hydrogen) atoms. The molecule has 0 amide bonds. The van der Waals surface area contributed by atoms with E-state index in [1.165, 1.54) is 37.9 Å². The van der Waals surface area contributed by atoms with Crippen LogP contribution >= 0.6 is 19.4 Å². The summed E-state index contributed by atoms with van der Waals surface area (Å²) in [7, 11) is -4.53. The number of carbonyl (C=O) groups is 1. The lowest BCUT2D eigenvalue weighted by Gasteiger charge is -2.18. The molecule has 0 saturated heterocycles. The second kappa shape index (κ2) is 20.1. The fraction of sp³-hybridized carbons (Fsp3) is 0.731. The maximum Gasteiger partial charge on any atom is 0.435 e. The Morgan fingerprint density at radius 1 is 0.943 bits per heavy atom. The van der Waals surface area contributed by atoms with Crippen LogP contribution in [-0.2, 0) is 13.8 Å². The molecule has 3 atom stereocenters. The molecule has 0 heterocycles. The summed E-state index contributed by atoms with van der Waals surface area (Å²) < 4.78 is 27.4. The van der Waals surface area contributed by atoms with Crippen molar-refractivity contribution in [2.45, 2.75) is 96.7 Å². The molecule has 1 aromatic carbocycles. The number of benzene rings is 1. The molecule has 2 N–H and O–H groups in total. The van der Waals surface area contributed by atoms with E-state index in [1.807, 2.05) is 49.0 Å². The molecule has 0 aliphatic rings. The lowest BCUT2D eigenvalue weighted by Crippen LogP contribution is -2.17. The molecule has 0 aliphatic heterocycles. The fourth-order valence-electron chi connectivity index (χ4n) is 3.61. The third-order valence-corrected chi connectivity index (χ3v) is 7.71. The van der Waals surface area contributed by atoms with Gasteiger partial charge >= 0.3 is 13.3 Å². The Bertz CT molecular complexity index is 704. The Hall–Kier alpha value is -1.05. The van der Waals surface area contributed by atoms with Crippen LogP contribution in [0.5, 0.6) is 5.75 Å². The highest BCUT2D eigenvalue weighted by molar-refractivity contribution is 7.99. The first-order valence-corrected chi connectivity index (χ1v) is 15.7. The second-order valence-electron chi connectivity index (χ2n) is 8.82. The summed E-state index contributed by atoms with van der Waals surface area (Å²) in [6.45, 7) is 4.51. The van der Waals surface area contributed by atoms with Gasteiger partial charge in [0.15, 0.2) is 0 Å². The van der Waals surface area contributed by atoms with Crippen molar-refractivity contribution < 1.29 is 33.4 Å². The van der Waals surface area contributed by atoms with E-state index >= 15 is 0 Å². The molecule has 0 radical (unpaired) electrons. The number of hydrogen-bond acceptors (Lipinski definition) is 6. The third-order valence-electron chi connectivity index (χ3n) is 5.59. The van der Waals surface area contributed by atoms with E-state index in [1.54, 1.807) is 0 Å². The minimum Gasteiger partial charge on any atom is -0.490 e. The molecule has 0 aliphatic carbocycles. The number of ether oxygens (including phenoxy) is 2. The predicted molar refractivity (Wildman–Crippen MR) is 144 cm³/mol. The normalized spacial score (nSPS) is 14.8. The van der Waals surface area contributed by atoms with E-state index in [9.17, 15) is 9.36 Å². The minimum absolute atomic E-state index is 0.105. The molecule has 1 aromatic rings. The molecule has 0 bridgehead atoms. The zero-order chi connectivity index (χ0) is 25.8. The molecule has 1 rings (SSSR count). The molecule has 0 saturated carbocycles. The Morgan fingerprint density at radius 2 is 1.63 bits per heavy atom. The highest BCUT2D eigenvalue weighted by atomic mass is 32.2. The van der Waals surface area contributed by atoms with Crippen LogP contribution < -0.4 is 4.74 Å². The first kappa shape index (κ1) is 32.0. The Kier molecular flexibility index (Phi) is 18.3. The Labute approximate surface area is 215 Å². The number of para-hydroxylation sites is 1. The van der Waals surface area contributed by atoms with Gasteiger partial charge in [-0.3, -0.25) is 0 Å². The Balaban J connectivity index is 1.91. The molecule has 7 nitrogen and oxygen atoms in total. The summed E-state index contributed by atoms with van der Waals surface area (Å²) in [5.41, 5.74) is -1.82. The molecular formula is C26H45O7PS. The average Bonchev–Trinajstić information content (AvgIpc) is 2.82. The number of carboxylic acid groups (broad SMARTS) is 1. The number of unbranched alkanes of at least 4 members (excludes halogenated alkanes) is 5. The van der Waals surface area contributed by atoms with Gasteiger partial charge in [-0.2, -0.15) is 11.8 Å². The van der Waals surface area contributed by atoms with E-state index in [2.05, 4.69) is 11.4 Å². The highest BCUT2D eigenvalue weighted by Gasteiger charge is 2.29. The van der Waals surface area contributed by atoms with Crippen LogP contribution in [0.3, 0.4) is 0 Å². The summed E-state index contributed by atoms with van der Waals surface area (Å²) in [6, 6.07) is 10.1. The van der Waals surface area contributed by atoms with Crippen molar-refractivity contribution in [2.75, 3.05) is 24.7 Å². The predicted octanol–water partition coefficient (Wildman–Crippen LogP) is 7.76. The van der Waals surface area contributed by atoms with Gasteiger partial charge in [-0.1, -0.05) is 63.6 Å². The number of rotatable bonds is 23. The zero-order valence-corrected chi connectivity index (χ0v) is 23.2. The van der Waals surface area contributed by atoms with Crippen molar-refractivity contribution in [3.8, 4) is 5.75 Å². The monoisotopic (exact) mass is 532 g/mol. The Morgan fingerprint density at radius 3 is 2.31 bits per heavy atom. The van der Waals surface area contributed by atoms with Crippen molar-refractivity contribution in [2.24, 2.45) is 0 Å². The largest absolute Gasteiger partial charge is 0.490 e. The van der Waals surface area contributed by atoms with E-state index in [4.69, 9.17) is 19.5 Å². The van der Waals surface area contributed by atoms with Gasteiger partial charge in [0.25, 0.3) is 0 Å². The van der Waals surface area contributed by atoms with Crippen molar-refractivity contribution in [1.82, 2.24) is 0 Å². The first-order valence-electron chi connectivity index (χ1n) is 13.0. The summed E-state index contributed by atoms with van der Waals surface area (Å²) in [5, 5.41) is 8.51. The SMILES string of the molecule is CCCC(CCSCCCCCCCCC(C)OCCCOP(=O)(O)C(=O)O)Oc1ccccc1. The second-order valence-corrected chi connectivity index (χ2v) is 11.7. The van der Waals surface area contributed by atoms with Crippen molar-refractivity contribution in [1.29, 1.82) is 0 Å². The smallest absolute Gasteiger partial charge is 0.435 e. The molecule has 202 valence electrons. The fourth-order valence-corrected chi connectivity index (χ4v) is 5.13. The zero-order valence-electron chi connectivity index (χ0n) is 21.4. The summed E-state index contributed by atoms with van der Waals surface area (Å²) in [4.78, 5) is 19.5. The molecule has 0 aromatic heterocycles. The van der Waals surface area contributed by atoms with Crippen LogP contribution in [-0.4, -0.2) is 52.6 Å². The third kappa shape index (κ3) is 17.1. The van der Waals surface area contributed by atoms with Gasteiger partial charge in [0.2, 0.25) is 0 Å². The van der Waals surface area contributed by atoms with Gasteiger partial charge in [-0.05, 0) is 62.7 Å². The summed E-state index contributed by atoms with van der Waals surface area (Å²) in [5.74, 6) is 3.34. The van der Waals surface area contributed by atoms with Crippen LogP contribution in [0.25, 0.3) is 0 Å². The van der Waals surface area contributed by atoms with E-state index < -0.39 is 13.3 Å². The molecule has 0 fully saturated rings. The van der Waals surface area contributed by atoms with Gasteiger partial charge in [0, 0.05) is 6.61 Å².